The van der Waals surface area contributed by atoms with E-state index >= 15 is 0 Å². The minimum Gasteiger partial charge on any atom is -0.419 e. The first-order valence-corrected chi connectivity index (χ1v) is 4.88. The minimum atomic E-state index is 0. The molecule has 0 saturated carbocycles. The summed E-state index contributed by atoms with van der Waals surface area (Å²) in [6.45, 7) is 2.77. The molecule has 1 N–H and O–H groups in total. The van der Waals surface area contributed by atoms with Gasteiger partial charge in [-0.3, -0.25) is 0 Å². The Bertz CT molecular complexity index is 519. The molecule has 15 heavy (non-hydrogen) atoms. The van der Waals surface area contributed by atoms with Crippen LogP contribution in [0.2, 0.25) is 5.02 Å². The van der Waals surface area contributed by atoms with Crippen molar-refractivity contribution in [3.05, 3.63) is 40.8 Å². The van der Waals surface area contributed by atoms with Crippen LogP contribution in [-0.4, -0.2) is 11.5 Å². The Morgan fingerprint density at radius 2 is 2.27 bits per heavy atom. The van der Waals surface area contributed by atoms with Crippen LogP contribution in [0, 0.1) is 6.07 Å². The molecule has 2 aromatic rings. The van der Waals surface area contributed by atoms with Crippen molar-refractivity contribution in [1.29, 1.82) is 0 Å². The number of pyridine rings is 1. The summed E-state index contributed by atoms with van der Waals surface area (Å²) in [7, 11) is 0. The van der Waals surface area contributed by atoms with E-state index in [2.05, 4.69) is 16.0 Å². The molecular weight excluding hydrogens is 284 g/mol. The van der Waals surface area contributed by atoms with Gasteiger partial charge in [0.1, 0.15) is 0 Å². The molecule has 0 unspecified atom stereocenters. The monoisotopic (exact) mass is 294 g/mol. The SMILES string of the molecule is CCN=c1c[c-]c2cc(Cl)ccc2[nH]1.[Y]. The van der Waals surface area contributed by atoms with E-state index in [0.29, 0.717) is 0 Å². The van der Waals surface area contributed by atoms with Gasteiger partial charge in [0.25, 0.3) is 0 Å². The summed E-state index contributed by atoms with van der Waals surface area (Å²) in [4.78, 5) is 7.46. The fraction of sp³-hybridized carbons (Fsp3) is 0.182. The summed E-state index contributed by atoms with van der Waals surface area (Å²) in [5, 5.41) is 1.70. The molecule has 1 radical (unpaired) electrons. The van der Waals surface area contributed by atoms with Gasteiger partial charge in [-0.2, -0.15) is 0 Å². The van der Waals surface area contributed by atoms with Crippen LogP contribution in [0.25, 0.3) is 10.9 Å². The molecule has 1 aromatic heterocycles. The molecule has 0 fully saturated rings. The van der Waals surface area contributed by atoms with E-state index in [4.69, 9.17) is 11.6 Å². The number of H-pyrrole nitrogens is 1. The quantitative estimate of drug-likeness (QED) is 0.783. The van der Waals surface area contributed by atoms with Crippen LogP contribution in [0.15, 0.2) is 29.3 Å². The number of nitrogens with one attached hydrogen (secondary N) is 1. The summed E-state index contributed by atoms with van der Waals surface area (Å²) in [6, 6.07) is 10.6. The van der Waals surface area contributed by atoms with Crippen molar-refractivity contribution in [3.63, 3.8) is 0 Å². The summed E-state index contributed by atoms with van der Waals surface area (Å²) < 4.78 is 0. The van der Waals surface area contributed by atoms with Crippen LogP contribution in [0.5, 0.6) is 0 Å². The van der Waals surface area contributed by atoms with Gasteiger partial charge in [0.15, 0.2) is 0 Å². The molecule has 0 aliphatic heterocycles. The number of fused-ring (bicyclic) bond motifs is 1. The van der Waals surface area contributed by atoms with Crippen LogP contribution < -0.4 is 5.49 Å². The van der Waals surface area contributed by atoms with Gasteiger partial charge in [0, 0.05) is 44.7 Å². The second-order valence-corrected chi connectivity index (χ2v) is 3.40. The smallest absolute Gasteiger partial charge is 0.0420 e. The number of rotatable bonds is 1. The van der Waals surface area contributed by atoms with Crippen molar-refractivity contribution in [3.8, 4) is 0 Å². The van der Waals surface area contributed by atoms with Gasteiger partial charge < -0.3 is 9.98 Å². The molecule has 1 aromatic carbocycles. The Hall–Kier alpha value is -0.176. The van der Waals surface area contributed by atoms with Crippen LogP contribution in [0.3, 0.4) is 0 Å². The van der Waals surface area contributed by atoms with Gasteiger partial charge in [0.05, 0.1) is 0 Å². The zero-order valence-corrected chi connectivity index (χ0v) is 12.0. The molecule has 4 heteroatoms. The molecule has 0 atom stereocenters. The molecule has 0 bridgehead atoms. The molecular formula is C11H10ClN2Y-. The van der Waals surface area contributed by atoms with Gasteiger partial charge >= 0.3 is 0 Å². The maximum atomic E-state index is 5.86. The van der Waals surface area contributed by atoms with E-state index in [-0.39, 0.29) is 32.7 Å². The van der Waals surface area contributed by atoms with E-state index in [0.717, 1.165) is 28.0 Å². The summed E-state index contributed by atoms with van der Waals surface area (Å²) in [6.07, 6.45) is 0. The van der Waals surface area contributed by atoms with Crippen molar-refractivity contribution >= 4 is 22.5 Å². The van der Waals surface area contributed by atoms with Gasteiger partial charge in [-0.1, -0.05) is 23.7 Å². The first-order chi connectivity index (χ1) is 6.79. The predicted octanol–water partition coefficient (Wildman–Crippen LogP) is 2.54. The average molecular weight is 295 g/mol. The van der Waals surface area contributed by atoms with Crippen molar-refractivity contribution < 1.29 is 32.7 Å². The fourth-order valence-electron chi connectivity index (χ4n) is 1.32. The second kappa shape index (κ2) is 5.78. The Labute approximate surface area is 119 Å². The Morgan fingerprint density at radius 1 is 1.47 bits per heavy atom. The van der Waals surface area contributed by atoms with Crippen LogP contribution in [0.1, 0.15) is 6.92 Å². The molecule has 75 valence electrons. The summed E-state index contributed by atoms with van der Waals surface area (Å²) in [5.41, 5.74) is 1.85. The fourth-order valence-corrected chi connectivity index (χ4v) is 1.49. The van der Waals surface area contributed by atoms with Gasteiger partial charge in [-0.15, -0.1) is 23.6 Å². The molecule has 0 saturated heterocycles. The normalized spacial score (nSPS) is 11.5. The first-order valence-electron chi connectivity index (χ1n) is 4.50. The first kappa shape index (κ1) is 12.9. The largest absolute Gasteiger partial charge is 0.419 e. The Kier molecular flexibility index (Phi) is 4.97. The number of benzene rings is 1. The molecule has 2 rings (SSSR count). The zero-order chi connectivity index (χ0) is 9.97. The van der Waals surface area contributed by atoms with E-state index in [1.807, 2.05) is 31.2 Å². The summed E-state index contributed by atoms with van der Waals surface area (Å²) in [5.74, 6) is 0. The molecule has 0 aliphatic carbocycles. The molecule has 0 amide bonds. The van der Waals surface area contributed by atoms with Crippen molar-refractivity contribution in [1.82, 2.24) is 4.98 Å². The third-order valence-electron chi connectivity index (χ3n) is 1.94. The molecule has 1 heterocycles. The van der Waals surface area contributed by atoms with Crippen LogP contribution in [0.4, 0.5) is 0 Å². The molecule has 0 spiro atoms. The number of hydrogen-bond donors (Lipinski definition) is 1. The molecule has 2 nitrogen and oxygen atoms in total. The number of aromatic amines is 1. The maximum absolute atomic E-state index is 5.86. The topological polar surface area (TPSA) is 28.1 Å². The van der Waals surface area contributed by atoms with E-state index < -0.39 is 0 Å². The van der Waals surface area contributed by atoms with E-state index in [9.17, 15) is 0 Å². The standard InChI is InChI=1S/C11H10ClN2.Y/c1-2-13-11-6-3-8-7-9(12)4-5-10(8)14-11;/h4-7H,2H2,1H3,(H,13,14);/q-1;. The van der Waals surface area contributed by atoms with Gasteiger partial charge in [-0.05, 0) is 17.5 Å². The third kappa shape index (κ3) is 3.14. The average Bonchev–Trinajstić information content (AvgIpc) is 2.19. The van der Waals surface area contributed by atoms with Crippen LogP contribution >= 0.6 is 11.6 Å². The van der Waals surface area contributed by atoms with Crippen molar-refractivity contribution in [2.45, 2.75) is 6.92 Å². The number of halogens is 1. The van der Waals surface area contributed by atoms with Crippen molar-refractivity contribution in [2.24, 2.45) is 4.99 Å². The number of hydrogen-bond acceptors (Lipinski definition) is 1. The minimum absolute atomic E-state index is 0. The number of nitrogens with zero attached hydrogens (tertiary/aromatic N) is 1. The number of aromatic nitrogens is 1. The van der Waals surface area contributed by atoms with E-state index in [1.54, 1.807) is 0 Å². The van der Waals surface area contributed by atoms with Crippen LogP contribution in [-0.2, 0) is 32.7 Å². The van der Waals surface area contributed by atoms with E-state index in [1.165, 1.54) is 0 Å². The molecule has 0 aliphatic rings. The maximum Gasteiger partial charge on any atom is 0.0420 e. The predicted molar refractivity (Wildman–Crippen MR) is 58.2 cm³/mol. The van der Waals surface area contributed by atoms with Crippen molar-refractivity contribution in [2.75, 3.05) is 6.54 Å². The third-order valence-corrected chi connectivity index (χ3v) is 2.17. The Morgan fingerprint density at radius 3 is 3.00 bits per heavy atom. The van der Waals surface area contributed by atoms with Gasteiger partial charge in [-0.25, -0.2) is 0 Å². The Balaban J connectivity index is 0.00000112. The van der Waals surface area contributed by atoms with Gasteiger partial charge in [0.2, 0.25) is 0 Å². The second-order valence-electron chi connectivity index (χ2n) is 2.96. The zero-order valence-electron chi connectivity index (χ0n) is 8.42. The summed E-state index contributed by atoms with van der Waals surface area (Å²) >= 11 is 5.86.